The van der Waals surface area contributed by atoms with Gasteiger partial charge in [0.2, 0.25) is 10.0 Å². The number of rotatable bonds is 4. The lowest BCUT2D eigenvalue weighted by Crippen LogP contribution is -2.33. The first-order valence-corrected chi connectivity index (χ1v) is 9.06. The molecule has 0 saturated heterocycles. The van der Waals surface area contributed by atoms with E-state index in [2.05, 4.69) is 36.6 Å². The summed E-state index contributed by atoms with van der Waals surface area (Å²) in [6, 6.07) is 4.48. The van der Waals surface area contributed by atoms with Gasteiger partial charge >= 0.3 is 5.97 Å². The maximum atomic E-state index is 12.3. The fourth-order valence-electron chi connectivity index (χ4n) is 2.29. The molecule has 1 fully saturated rings. The monoisotopic (exact) mass is 425 g/mol. The number of hydrogen-bond donors (Lipinski definition) is 2. The minimum absolute atomic E-state index is 0.152. The number of sulfonamides is 1. The molecule has 0 heterocycles. The predicted molar refractivity (Wildman–Crippen MR) is 80.9 cm³/mol. The molecule has 1 aliphatic rings. The van der Waals surface area contributed by atoms with Crippen LogP contribution >= 0.6 is 31.9 Å². The maximum absolute atomic E-state index is 12.3. The molecule has 8 heteroatoms. The van der Waals surface area contributed by atoms with Crippen molar-refractivity contribution in [2.24, 2.45) is 5.92 Å². The van der Waals surface area contributed by atoms with Crippen molar-refractivity contribution in [2.75, 3.05) is 0 Å². The van der Waals surface area contributed by atoms with E-state index in [0.717, 1.165) is 4.47 Å². The van der Waals surface area contributed by atoms with E-state index in [-0.39, 0.29) is 10.9 Å². The Kier molecular flexibility index (Phi) is 4.88. The molecule has 0 spiro atoms. The molecular weight excluding hydrogens is 414 g/mol. The molecule has 0 radical (unpaired) electrons. The second-order valence-electron chi connectivity index (χ2n) is 4.74. The zero-order valence-electron chi connectivity index (χ0n) is 10.3. The van der Waals surface area contributed by atoms with Gasteiger partial charge in [0.15, 0.2) is 0 Å². The zero-order valence-corrected chi connectivity index (χ0v) is 14.3. The first-order chi connectivity index (χ1) is 9.29. The van der Waals surface area contributed by atoms with Crippen molar-refractivity contribution in [1.29, 1.82) is 0 Å². The topological polar surface area (TPSA) is 83.5 Å². The summed E-state index contributed by atoms with van der Waals surface area (Å²) < 4.78 is 28.4. The van der Waals surface area contributed by atoms with Crippen molar-refractivity contribution < 1.29 is 18.3 Å². The molecule has 2 rings (SSSR count). The Morgan fingerprint density at radius 2 is 2.00 bits per heavy atom. The van der Waals surface area contributed by atoms with E-state index in [1.165, 1.54) is 6.07 Å². The Morgan fingerprint density at radius 3 is 2.55 bits per heavy atom. The van der Waals surface area contributed by atoms with Gasteiger partial charge < -0.3 is 5.11 Å². The highest BCUT2D eigenvalue weighted by Gasteiger charge is 2.32. The third-order valence-electron chi connectivity index (χ3n) is 3.29. The molecule has 1 aromatic rings. The highest BCUT2D eigenvalue weighted by atomic mass is 79.9. The van der Waals surface area contributed by atoms with Crippen LogP contribution < -0.4 is 4.72 Å². The summed E-state index contributed by atoms with van der Waals surface area (Å²) in [6.45, 7) is 0. The van der Waals surface area contributed by atoms with Crippen LogP contribution in [0.5, 0.6) is 0 Å². The normalized spacial score (nSPS) is 22.9. The quantitative estimate of drug-likeness (QED) is 0.775. The first-order valence-electron chi connectivity index (χ1n) is 6.00. The number of nitrogens with one attached hydrogen (secondary N) is 1. The summed E-state index contributed by atoms with van der Waals surface area (Å²) in [5.74, 6) is -1.33. The summed E-state index contributed by atoms with van der Waals surface area (Å²) in [5, 5.41) is 8.93. The SMILES string of the molecule is O=C(O)[C@@H]1CC[C@H](NS(=O)(=O)c2ccc(Br)cc2Br)C1. The Bertz CT molecular complexity index is 632. The second kappa shape index (κ2) is 6.13. The molecule has 1 aromatic carbocycles. The summed E-state index contributed by atoms with van der Waals surface area (Å²) >= 11 is 6.49. The van der Waals surface area contributed by atoms with Gasteiger partial charge in [-0.15, -0.1) is 0 Å². The van der Waals surface area contributed by atoms with Crippen molar-refractivity contribution >= 4 is 47.9 Å². The van der Waals surface area contributed by atoms with Crippen LogP contribution in [0.15, 0.2) is 32.0 Å². The van der Waals surface area contributed by atoms with Crippen molar-refractivity contribution in [3.63, 3.8) is 0 Å². The van der Waals surface area contributed by atoms with Gasteiger partial charge in [0.25, 0.3) is 0 Å². The molecule has 0 amide bonds. The van der Waals surface area contributed by atoms with Crippen LogP contribution in [-0.2, 0) is 14.8 Å². The number of benzene rings is 1. The van der Waals surface area contributed by atoms with Gasteiger partial charge in [-0.3, -0.25) is 4.79 Å². The molecule has 1 aliphatic carbocycles. The smallest absolute Gasteiger partial charge is 0.306 e. The predicted octanol–water partition coefficient (Wildman–Crippen LogP) is 2.74. The van der Waals surface area contributed by atoms with E-state index in [0.29, 0.717) is 23.7 Å². The van der Waals surface area contributed by atoms with Crippen molar-refractivity contribution in [1.82, 2.24) is 4.72 Å². The summed E-state index contributed by atoms with van der Waals surface area (Å²) in [6.07, 6.45) is 1.39. The molecule has 0 aromatic heterocycles. The van der Waals surface area contributed by atoms with E-state index in [9.17, 15) is 13.2 Å². The molecule has 20 heavy (non-hydrogen) atoms. The number of halogens is 2. The highest BCUT2D eigenvalue weighted by molar-refractivity contribution is 9.11. The van der Waals surface area contributed by atoms with Crippen LogP contribution in [0, 0.1) is 5.92 Å². The Labute approximate surface area is 134 Å². The van der Waals surface area contributed by atoms with Gasteiger partial charge in [-0.25, -0.2) is 13.1 Å². The van der Waals surface area contributed by atoms with Crippen LogP contribution in [0.25, 0.3) is 0 Å². The number of carbonyl (C=O) groups is 1. The first kappa shape index (κ1) is 15.9. The van der Waals surface area contributed by atoms with Crippen LogP contribution in [0.3, 0.4) is 0 Å². The lowest BCUT2D eigenvalue weighted by atomic mass is 10.1. The second-order valence-corrected chi connectivity index (χ2v) is 8.19. The van der Waals surface area contributed by atoms with E-state index in [4.69, 9.17) is 5.11 Å². The lowest BCUT2D eigenvalue weighted by Gasteiger charge is -2.14. The zero-order chi connectivity index (χ0) is 14.9. The lowest BCUT2D eigenvalue weighted by molar-refractivity contribution is -0.141. The molecule has 0 aliphatic heterocycles. The highest BCUT2D eigenvalue weighted by Crippen LogP contribution is 2.29. The average molecular weight is 427 g/mol. The van der Waals surface area contributed by atoms with Gasteiger partial charge in [0, 0.05) is 15.0 Å². The molecule has 110 valence electrons. The van der Waals surface area contributed by atoms with Gasteiger partial charge in [-0.05, 0) is 53.4 Å². The molecule has 5 nitrogen and oxygen atoms in total. The molecule has 2 atom stereocenters. The van der Waals surface area contributed by atoms with Crippen molar-refractivity contribution in [3.8, 4) is 0 Å². The van der Waals surface area contributed by atoms with E-state index < -0.39 is 21.9 Å². The van der Waals surface area contributed by atoms with Crippen LogP contribution in [0.4, 0.5) is 0 Å². The van der Waals surface area contributed by atoms with E-state index in [1.807, 2.05) is 0 Å². The molecule has 0 unspecified atom stereocenters. The molecule has 2 N–H and O–H groups in total. The Morgan fingerprint density at radius 1 is 1.30 bits per heavy atom. The summed E-state index contributed by atoms with van der Waals surface area (Å²) in [7, 11) is -3.65. The summed E-state index contributed by atoms with van der Waals surface area (Å²) in [4.78, 5) is 11.0. The Hall–Kier alpha value is -0.440. The number of carboxylic acids is 1. The third kappa shape index (κ3) is 3.60. The van der Waals surface area contributed by atoms with Crippen LogP contribution in [0.2, 0.25) is 0 Å². The molecule has 1 saturated carbocycles. The minimum Gasteiger partial charge on any atom is -0.481 e. The van der Waals surface area contributed by atoms with Crippen molar-refractivity contribution in [2.45, 2.75) is 30.2 Å². The van der Waals surface area contributed by atoms with Gasteiger partial charge in [0.05, 0.1) is 10.8 Å². The molecular formula is C12H13Br2NO4S. The number of hydrogen-bond acceptors (Lipinski definition) is 3. The Balaban J connectivity index is 2.14. The largest absolute Gasteiger partial charge is 0.481 e. The van der Waals surface area contributed by atoms with E-state index in [1.54, 1.807) is 12.1 Å². The molecule has 0 bridgehead atoms. The fraction of sp³-hybridized carbons (Fsp3) is 0.417. The van der Waals surface area contributed by atoms with E-state index >= 15 is 0 Å². The third-order valence-corrected chi connectivity index (χ3v) is 6.28. The average Bonchev–Trinajstić information content (AvgIpc) is 2.76. The van der Waals surface area contributed by atoms with Gasteiger partial charge in [0.1, 0.15) is 0 Å². The maximum Gasteiger partial charge on any atom is 0.306 e. The summed E-state index contributed by atoms with van der Waals surface area (Å²) in [5.41, 5.74) is 0. The van der Waals surface area contributed by atoms with Gasteiger partial charge in [-0.1, -0.05) is 15.9 Å². The van der Waals surface area contributed by atoms with Crippen molar-refractivity contribution in [3.05, 3.63) is 27.1 Å². The standard InChI is InChI=1S/C12H13Br2NO4S/c13-8-2-4-11(10(14)6-8)20(18,19)15-9-3-1-7(5-9)12(16)17/h2,4,6-7,9,15H,1,3,5H2,(H,16,17)/t7-,9+/m1/s1. The minimum atomic E-state index is -3.65. The number of carboxylic acid groups (broad SMARTS) is 1. The van der Waals surface area contributed by atoms with Crippen LogP contribution in [0.1, 0.15) is 19.3 Å². The fourth-order valence-corrected chi connectivity index (χ4v) is 5.32. The van der Waals surface area contributed by atoms with Gasteiger partial charge in [-0.2, -0.15) is 0 Å². The number of aliphatic carboxylic acids is 1. The van der Waals surface area contributed by atoms with Crippen LogP contribution in [-0.4, -0.2) is 25.5 Å².